The SMILES string of the molecule is O=C(NCC(O)CO)c1cc(N2CC2)c([N+](=O)[O-])cc1[N+](=O)[O-]. The van der Waals surface area contributed by atoms with Crippen LogP contribution < -0.4 is 10.2 Å². The zero-order valence-corrected chi connectivity index (χ0v) is 11.8. The third kappa shape index (κ3) is 3.70. The Morgan fingerprint density at radius 2 is 1.87 bits per heavy atom. The van der Waals surface area contributed by atoms with E-state index >= 15 is 0 Å². The van der Waals surface area contributed by atoms with E-state index in [-0.39, 0.29) is 17.8 Å². The number of aliphatic hydroxyl groups is 2. The number of aliphatic hydroxyl groups excluding tert-OH is 2. The molecule has 0 aliphatic carbocycles. The van der Waals surface area contributed by atoms with Crippen LogP contribution in [-0.4, -0.2) is 58.3 Å². The molecule has 1 heterocycles. The number of nitrogens with zero attached hydrogens (tertiary/aromatic N) is 3. The van der Waals surface area contributed by atoms with Gasteiger partial charge in [-0.2, -0.15) is 0 Å². The lowest BCUT2D eigenvalue weighted by atomic mass is 10.1. The van der Waals surface area contributed by atoms with E-state index in [0.717, 1.165) is 12.1 Å². The molecule has 0 bridgehead atoms. The maximum atomic E-state index is 12.1. The number of hydrogen-bond donors (Lipinski definition) is 3. The van der Waals surface area contributed by atoms with Crippen LogP contribution in [0.5, 0.6) is 0 Å². The van der Waals surface area contributed by atoms with E-state index in [2.05, 4.69) is 5.32 Å². The average Bonchev–Trinajstić information content (AvgIpc) is 3.35. The highest BCUT2D eigenvalue weighted by molar-refractivity contribution is 6.00. The molecular formula is C12H14N4O7. The first-order valence-corrected chi connectivity index (χ1v) is 6.64. The predicted molar refractivity (Wildman–Crippen MR) is 77.4 cm³/mol. The summed E-state index contributed by atoms with van der Waals surface area (Å²) in [4.78, 5) is 34.2. The van der Waals surface area contributed by atoms with Crippen LogP contribution in [0.4, 0.5) is 17.1 Å². The topological polar surface area (TPSA) is 159 Å². The summed E-state index contributed by atoms with van der Waals surface area (Å²) in [7, 11) is 0. The highest BCUT2D eigenvalue weighted by atomic mass is 16.6. The molecule has 11 nitrogen and oxygen atoms in total. The molecule has 1 saturated heterocycles. The normalized spacial score (nSPS) is 14.3. The number of nitro groups is 2. The van der Waals surface area contributed by atoms with Crippen LogP contribution in [0.2, 0.25) is 0 Å². The number of benzene rings is 1. The van der Waals surface area contributed by atoms with Crippen LogP contribution >= 0.6 is 0 Å². The number of nitro benzene ring substituents is 2. The second kappa shape index (κ2) is 6.54. The molecule has 2 rings (SSSR count). The molecule has 0 aromatic heterocycles. The Bertz CT molecular complexity index is 659. The summed E-state index contributed by atoms with van der Waals surface area (Å²) < 4.78 is 0. The third-order valence-electron chi connectivity index (χ3n) is 3.23. The molecule has 1 amide bonds. The summed E-state index contributed by atoms with van der Waals surface area (Å²) in [5.41, 5.74) is -1.35. The number of carbonyl (C=O) groups is 1. The smallest absolute Gasteiger partial charge is 0.299 e. The largest absolute Gasteiger partial charge is 0.394 e. The van der Waals surface area contributed by atoms with E-state index in [1.165, 1.54) is 0 Å². The monoisotopic (exact) mass is 326 g/mol. The fourth-order valence-corrected chi connectivity index (χ4v) is 1.96. The van der Waals surface area contributed by atoms with Gasteiger partial charge in [0.1, 0.15) is 11.3 Å². The summed E-state index contributed by atoms with van der Waals surface area (Å²) in [5, 5.41) is 42.3. The highest BCUT2D eigenvalue weighted by Gasteiger charge is 2.33. The fourth-order valence-electron chi connectivity index (χ4n) is 1.96. The predicted octanol–water partition coefficient (Wildman–Crippen LogP) is -0.594. The molecule has 23 heavy (non-hydrogen) atoms. The standard InChI is InChI=1S/C12H14N4O7/c17-6-7(18)5-13-12(19)8-3-10(14-1-2-14)11(16(22)23)4-9(8)15(20)21/h3-4,7,17-18H,1-2,5-6H2,(H,13,19). The van der Waals surface area contributed by atoms with E-state index in [1.807, 2.05) is 0 Å². The summed E-state index contributed by atoms with van der Waals surface area (Å²) >= 11 is 0. The molecule has 1 atom stereocenters. The number of rotatable bonds is 7. The number of hydrogen-bond acceptors (Lipinski definition) is 8. The maximum Gasteiger partial charge on any atom is 0.299 e. The van der Waals surface area contributed by atoms with Gasteiger partial charge in [-0.15, -0.1) is 0 Å². The highest BCUT2D eigenvalue weighted by Crippen LogP contribution is 2.37. The molecule has 1 aliphatic rings. The Hall–Kier alpha value is -2.79. The molecule has 1 fully saturated rings. The lowest BCUT2D eigenvalue weighted by Gasteiger charge is -2.11. The van der Waals surface area contributed by atoms with Gasteiger partial charge in [0.25, 0.3) is 17.3 Å². The van der Waals surface area contributed by atoms with Crippen LogP contribution in [0.1, 0.15) is 10.4 Å². The summed E-state index contributed by atoms with van der Waals surface area (Å²) in [6.45, 7) is 0.232. The van der Waals surface area contributed by atoms with E-state index < -0.39 is 39.8 Å². The maximum absolute atomic E-state index is 12.1. The summed E-state index contributed by atoms with van der Waals surface area (Å²) in [6.07, 6.45) is -1.21. The summed E-state index contributed by atoms with van der Waals surface area (Å²) in [6, 6.07) is 1.86. The Kier molecular flexibility index (Phi) is 4.71. The van der Waals surface area contributed by atoms with Crippen molar-refractivity contribution in [3.63, 3.8) is 0 Å². The van der Waals surface area contributed by atoms with Gasteiger partial charge in [0.05, 0.1) is 28.6 Å². The van der Waals surface area contributed by atoms with E-state index in [9.17, 15) is 30.1 Å². The number of amides is 1. The van der Waals surface area contributed by atoms with Gasteiger partial charge < -0.3 is 20.4 Å². The minimum absolute atomic E-state index is 0.133. The zero-order valence-electron chi connectivity index (χ0n) is 11.8. The molecule has 1 unspecified atom stereocenters. The van der Waals surface area contributed by atoms with E-state index in [4.69, 9.17) is 5.11 Å². The quantitative estimate of drug-likeness (QED) is 0.340. The van der Waals surface area contributed by atoms with Crippen molar-refractivity contribution in [3.05, 3.63) is 37.9 Å². The Balaban J connectivity index is 2.40. The fraction of sp³-hybridized carbons (Fsp3) is 0.417. The van der Waals surface area contributed by atoms with Crippen LogP contribution in [0.3, 0.4) is 0 Å². The first kappa shape index (κ1) is 16.6. The minimum atomic E-state index is -1.21. The molecule has 1 aromatic rings. The van der Waals surface area contributed by atoms with Crippen LogP contribution in [-0.2, 0) is 0 Å². The Morgan fingerprint density at radius 1 is 1.26 bits per heavy atom. The second-order valence-corrected chi connectivity index (χ2v) is 4.91. The number of nitrogens with one attached hydrogen (secondary N) is 1. The van der Waals surface area contributed by atoms with Gasteiger partial charge in [-0.05, 0) is 6.07 Å². The van der Waals surface area contributed by atoms with Gasteiger partial charge in [-0.25, -0.2) is 0 Å². The second-order valence-electron chi connectivity index (χ2n) is 4.91. The molecule has 124 valence electrons. The van der Waals surface area contributed by atoms with Gasteiger partial charge in [0.2, 0.25) is 0 Å². The van der Waals surface area contributed by atoms with Crippen molar-refractivity contribution in [1.29, 1.82) is 0 Å². The van der Waals surface area contributed by atoms with Crippen molar-refractivity contribution in [2.75, 3.05) is 31.1 Å². The van der Waals surface area contributed by atoms with Crippen LogP contribution in [0, 0.1) is 20.2 Å². The molecular weight excluding hydrogens is 312 g/mol. The van der Waals surface area contributed by atoms with Gasteiger partial charge in [-0.3, -0.25) is 25.0 Å². The van der Waals surface area contributed by atoms with Gasteiger partial charge >= 0.3 is 0 Å². The lowest BCUT2D eigenvalue weighted by Crippen LogP contribution is -2.34. The third-order valence-corrected chi connectivity index (χ3v) is 3.23. The van der Waals surface area contributed by atoms with Crippen molar-refractivity contribution < 1.29 is 24.9 Å². The number of carbonyl (C=O) groups excluding carboxylic acids is 1. The van der Waals surface area contributed by atoms with Crippen LogP contribution in [0.25, 0.3) is 0 Å². The van der Waals surface area contributed by atoms with Crippen molar-refractivity contribution in [3.8, 4) is 0 Å². The minimum Gasteiger partial charge on any atom is -0.394 e. The molecule has 1 aliphatic heterocycles. The van der Waals surface area contributed by atoms with Crippen molar-refractivity contribution in [1.82, 2.24) is 5.32 Å². The van der Waals surface area contributed by atoms with Crippen molar-refractivity contribution in [2.24, 2.45) is 0 Å². The molecule has 0 radical (unpaired) electrons. The molecule has 0 spiro atoms. The first-order valence-electron chi connectivity index (χ1n) is 6.64. The number of anilines is 1. The Labute approximate surface area is 129 Å². The average molecular weight is 326 g/mol. The molecule has 11 heteroatoms. The molecule has 3 N–H and O–H groups in total. The first-order chi connectivity index (χ1) is 10.8. The zero-order chi connectivity index (χ0) is 17.1. The van der Waals surface area contributed by atoms with Crippen molar-refractivity contribution >= 4 is 23.0 Å². The lowest BCUT2D eigenvalue weighted by molar-refractivity contribution is -0.393. The van der Waals surface area contributed by atoms with Gasteiger partial charge in [-0.1, -0.05) is 0 Å². The Morgan fingerprint density at radius 3 is 2.35 bits per heavy atom. The van der Waals surface area contributed by atoms with Gasteiger partial charge in [0.15, 0.2) is 0 Å². The molecule has 1 aromatic carbocycles. The summed E-state index contributed by atoms with van der Waals surface area (Å²) in [5.74, 6) is -0.859. The van der Waals surface area contributed by atoms with E-state index in [0.29, 0.717) is 13.1 Å². The van der Waals surface area contributed by atoms with Gasteiger partial charge in [0, 0.05) is 19.6 Å². The molecule has 0 saturated carbocycles. The van der Waals surface area contributed by atoms with Crippen molar-refractivity contribution in [2.45, 2.75) is 6.10 Å². The van der Waals surface area contributed by atoms with Crippen LogP contribution in [0.15, 0.2) is 12.1 Å². The van der Waals surface area contributed by atoms with E-state index in [1.54, 1.807) is 4.90 Å².